The second-order valence-corrected chi connectivity index (χ2v) is 4.35. The van der Waals surface area contributed by atoms with Crippen LogP contribution in [0, 0.1) is 0 Å². The fourth-order valence-corrected chi connectivity index (χ4v) is 1.52. The molecular formula is C10H18O4. The smallest absolute Gasteiger partial charge is 0.332 e. The summed E-state index contributed by atoms with van der Waals surface area (Å²) in [5, 5.41) is 8.59. The predicted molar refractivity (Wildman–Crippen MR) is 51.2 cm³/mol. The highest BCUT2D eigenvalue weighted by atomic mass is 16.6. The van der Waals surface area contributed by atoms with E-state index in [-0.39, 0.29) is 11.7 Å². The van der Waals surface area contributed by atoms with Crippen LogP contribution in [0.25, 0.3) is 0 Å². The van der Waals surface area contributed by atoms with Crippen LogP contribution in [0.1, 0.15) is 33.6 Å². The molecule has 0 amide bonds. The summed E-state index contributed by atoms with van der Waals surface area (Å²) in [5.74, 6) is -0.928. The van der Waals surface area contributed by atoms with Crippen LogP contribution in [-0.4, -0.2) is 35.5 Å². The van der Waals surface area contributed by atoms with Crippen LogP contribution in [-0.2, 0) is 14.3 Å². The van der Waals surface area contributed by atoms with Crippen molar-refractivity contribution in [2.24, 2.45) is 0 Å². The molecule has 0 aromatic rings. The molecule has 1 N–H and O–H groups in total. The molecule has 1 aliphatic rings. The van der Waals surface area contributed by atoms with Crippen molar-refractivity contribution in [1.29, 1.82) is 0 Å². The van der Waals surface area contributed by atoms with Crippen molar-refractivity contribution in [2.45, 2.75) is 51.4 Å². The Labute approximate surface area is 84.2 Å². The fourth-order valence-electron chi connectivity index (χ4n) is 1.52. The van der Waals surface area contributed by atoms with E-state index in [0.29, 0.717) is 6.61 Å². The summed E-state index contributed by atoms with van der Waals surface area (Å²) < 4.78 is 10.8. The largest absolute Gasteiger partial charge is 0.479 e. The highest BCUT2D eigenvalue weighted by molar-refractivity contribution is 5.71. The number of ether oxygens (including phenoxy) is 2. The van der Waals surface area contributed by atoms with Gasteiger partial charge in [0.05, 0.1) is 18.3 Å². The normalized spacial score (nSPS) is 27.5. The number of carboxylic acids is 1. The minimum Gasteiger partial charge on any atom is -0.479 e. The third kappa shape index (κ3) is 3.27. The van der Waals surface area contributed by atoms with Gasteiger partial charge in [-0.2, -0.15) is 0 Å². The highest BCUT2D eigenvalue weighted by Crippen LogP contribution is 2.29. The molecule has 1 fully saturated rings. The SMILES string of the molecule is C[C@@H](OCC1CCC(C)(C)O1)C(=O)O. The Hall–Kier alpha value is -0.610. The van der Waals surface area contributed by atoms with Gasteiger partial charge in [0, 0.05) is 0 Å². The summed E-state index contributed by atoms with van der Waals surface area (Å²) in [6, 6.07) is 0. The van der Waals surface area contributed by atoms with Gasteiger partial charge in [0.2, 0.25) is 0 Å². The molecule has 4 heteroatoms. The second-order valence-electron chi connectivity index (χ2n) is 4.35. The van der Waals surface area contributed by atoms with Crippen molar-refractivity contribution in [1.82, 2.24) is 0 Å². The van der Waals surface area contributed by atoms with Gasteiger partial charge in [-0.1, -0.05) is 0 Å². The van der Waals surface area contributed by atoms with Gasteiger partial charge < -0.3 is 14.6 Å². The van der Waals surface area contributed by atoms with Gasteiger partial charge >= 0.3 is 5.97 Å². The van der Waals surface area contributed by atoms with Crippen molar-refractivity contribution in [2.75, 3.05) is 6.61 Å². The Kier molecular flexibility index (Phi) is 3.50. The van der Waals surface area contributed by atoms with Crippen molar-refractivity contribution >= 4 is 5.97 Å². The second kappa shape index (κ2) is 4.28. The zero-order valence-corrected chi connectivity index (χ0v) is 8.95. The topological polar surface area (TPSA) is 55.8 Å². The third-order valence-electron chi connectivity index (χ3n) is 2.43. The zero-order chi connectivity index (χ0) is 10.8. The quantitative estimate of drug-likeness (QED) is 0.749. The van der Waals surface area contributed by atoms with Gasteiger partial charge in [-0.05, 0) is 33.6 Å². The molecule has 1 saturated heterocycles. The lowest BCUT2D eigenvalue weighted by Crippen LogP contribution is -2.27. The number of carboxylic acid groups (broad SMARTS) is 1. The molecule has 14 heavy (non-hydrogen) atoms. The Bertz CT molecular complexity index is 212. The minimum atomic E-state index is -0.928. The first-order chi connectivity index (χ1) is 6.41. The van der Waals surface area contributed by atoms with Crippen LogP contribution >= 0.6 is 0 Å². The van der Waals surface area contributed by atoms with Crippen LogP contribution in [0.3, 0.4) is 0 Å². The maximum Gasteiger partial charge on any atom is 0.332 e. The van der Waals surface area contributed by atoms with E-state index in [9.17, 15) is 4.79 Å². The summed E-state index contributed by atoms with van der Waals surface area (Å²) in [7, 11) is 0. The van der Waals surface area contributed by atoms with E-state index in [1.54, 1.807) is 0 Å². The maximum atomic E-state index is 10.5. The first-order valence-corrected chi connectivity index (χ1v) is 4.93. The zero-order valence-electron chi connectivity index (χ0n) is 8.95. The molecule has 0 radical (unpaired) electrons. The summed E-state index contributed by atoms with van der Waals surface area (Å²) >= 11 is 0. The summed E-state index contributed by atoms with van der Waals surface area (Å²) in [5.41, 5.74) is -0.0828. The highest BCUT2D eigenvalue weighted by Gasteiger charge is 2.32. The van der Waals surface area contributed by atoms with Gasteiger partial charge in [0.15, 0.2) is 6.10 Å². The summed E-state index contributed by atoms with van der Waals surface area (Å²) in [6.45, 7) is 5.97. The molecule has 1 unspecified atom stereocenters. The standard InChI is InChI=1S/C10H18O4/c1-7(9(11)12)13-6-8-4-5-10(2,3)14-8/h7-8H,4-6H2,1-3H3,(H,11,12)/t7-,8?/m1/s1. The van der Waals surface area contributed by atoms with E-state index in [0.717, 1.165) is 12.8 Å². The first-order valence-electron chi connectivity index (χ1n) is 4.93. The summed E-state index contributed by atoms with van der Waals surface area (Å²) in [4.78, 5) is 10.5. The van der Waals surface area contributed by atoms with Gasteiger partial charge in [-0.3, -0.25) is 0 Å². The number of hydrogen-bond donors (Lipinski definition) is 1. The lowest BCUT2D eigenvalue weighted by atomic mass is 10.1. The molecule has 0 aromatic carbocycles. The van der Waals surface area contributed by atoms with Crippen LogP contribution in [0.5, 0.6) is 0 Å². The van der Waals surface area contributed by atoms with Gasteiger partial charge in [0.25, 0.3) is 0 Å². The van der Waals surface area contributed by atoms with E-state index in [2.05, 4.69) is 0 Å². The van der Waals surface area contributed by atoms with E-state index >= 15 is 0 Å². The molecule has 1 aliphatic heterocycles. The van der Waals surface area contributed by atoms with E-state index < -0.39 is 12.1 Å². The molecule has 82 valence electrons. The number of carbonyl (C=O) groups is 1. The molecule has 0 saturated carbocycles. The molecule has 0 aliphatic carbocycles. The Morgan fingerprint density at radius 2 is 2.36 bits per heavy atom. The molecule has 1 heterocycles. The maximum absolute atomic E-state index is 10.5. The van der Waals surface area contributed by atoms with Crippen LogP contribution < -0.4 is 0 Å². The Morgan fingerprint density at radius 1 is 1.71 bits per heavy atom. The lowest BCUT2D eigenvalue weighted by molar-refractivity contribution is -0.152. The number of aliphatic carboxylic acids is 1. The van der Waals surface area contributed by atoms with Crippen LogP contribution in [0.15, 0.2) is 0 Å². The van der Waals surface area contributed by atoms with Gasteiger partial charge in [-0.25, -0.2) is 4.79 Å². The molecule has 0 aromatic heterocycles. The van der Waals surface area contributed by atoms with Crippen molar-refractivity contribution in [3.8, 4) is 0 Å². The fraction of sp³-hybridized carbons (Fsp3) is 0.900. The average Bonchev–Trinajstić information content (AvgIpc) is 2.41. The van der Waals surface area contributed by atoms with Crippen molar-refractivity contribution in [3.63, 3.8) is 0 Å². The Morgan fingerprint density at radius 3 is 2.79 bits per heavy atom. The van der Waals surface area contributed by atoms with Crippen molar-refractivity contribution in [3.05, 3.63) is 0 Å². The third-order valence-corrected chi connectivity index (χ3v) is 2.43. The van der Waals surface area contributed by atoms with Gasteiger partial charge in [0.1, 0.15) is 0 Å². The van der Waals surface area contributed by atoms with Crippen molar-refractivity contribution < 1.29 is 19.4 Å². The summed E-state index contributed by atoms with van der Waals surface area (Å²) in [6.07, 6.45) is 1.25. The van der Waals surface area contributed by atoms with Gasteiger partial charge in [-0.15, -0.1) is 0 Å². The number of hydrogen-bond acceptors (Lipinski definition) is 3. The molecule has 2 atom stereocenters. The lowest BCUT2D eigenvalue weighted by Gasteiger charge is -2.19. The molecule has 1 rings (SSSR count). The Balaban J connectivity index is 2.24. The van der Waals surface area contributed by atoms with E-state index in [1.807, 2.05) is 13.8 Å². The van der Waals surface area contributed by atoms with Crippen LogP contribution in [0.2, 0.25) is 0 Å². The predicted octanol–water partition coefficient (Wildman–Crippen LogP) is 1.43. The first kappa shape index (κ1) is 11.5. The van der Waals surface area contributed by atoms with E-state index in [4.69, 9.17) is 14.6 Å². The molecular weight excluding hydrogens is 184 g/mol. The monoisotopic (exact) mass is 202 g/mol. The van der Waals surface area contributed by atoms with E-state index in [1.165, 1.54) is 6.92 Å². The molecule has 4 nitrogen and oxygen atoms in total. The van der Waals surface area contributed by atoms with Crippen LogP contribution in [0.4, 0.5) is 0 Å². The minimum absolute atomic E-state index is 0.0480. The number of rotatable bonds is 4. The molecule has 0 bridgehead atoms. The molecule has 0 spiro atoms. The average molecular weight is 202 g/mol.